The van der Waals surface area contributed by atoms with Crippen molar-refractivity contribution in [1.82, 2.24) is 4.90 Å². The third kappa shape index (κ3) is 4.79. The number of aliphatic hydroxyl groups is 1. The Morgan fingerprint density at radius 1 is 1.53 bits per heavy atom. The molecule has 3 nitrogen and oxygen atoms in total. The average Bonchev–Trinajstić information content (AvgIpc) is 2.76. The van der Waals surface area contributed by atoms with Crippen LogP contribution < -0.4 is 4.74 Å². The number of nitrogens with zero attached hydrogens (tertiary/aromatic N) is 1. The Morgan fingerprint density at radius 2 is 2.37 bits per heavy atom. The lowest BCUT2D eigenvalue weighted by Crippen LogP contribution is -2.35. The Labute approximate surface area is 123 Å². The maximum atomic E-state index is 9.50. The van der Waals surface area contributed by atoms with Crippen LogP contribution in [0.5, 0.6) is 5.75 Å². The minimum absolute atomic E-state index is 0.211. The topological polar surface area (TPSA) is 32.7 Å². The third-order valence-corrected chi connectivity index (χ3v) is 4.05. The fourth-order valence-electron chi connectivity index (χ4n) is 2.69. The zero-order valence-corrected chi connectivity index (χ0v) is 13.0. The van der Waals surface area contributed by atoms with Crippen LogP contribution in [0.4, 0.5) is 0 Å². The summed E-state index contributed by atoms with van der Waals surface area (Å²) in [5, 5.41) is 9.50. The highest BCUT2D eigenvalue weighted by atomic mass is 79.9. The molecular weight excluding hydrogens is 306 g/mol. The zero-order valence-electron chi connectivity index (χ0n) is 11.4. The van der Waals surface area contributed by atoms with E-state index in [1.807, 2.05) is 31.2 Å². The van der Waals surface area contributed by atoms with Crippen LogP contribution in [0.3, 0.4) is 0 Å². The maximum absolute atomic E-state index is 9.50. The molecular formula is C15H22BrNO2. The number of ether oxygens (including phenoxy) is 1. The molecule has 1 aromatic rings. The highest BCUT2D eigenvalue weighted by Gasteiger charge is 2.25. The first-order valence-electron chi connectivity index (χ1n) is 6.95. The van der Waals surface area contributed by atoms with Gasteiger partial charge in [-0.15, -0.1) is 0 Å². The zero-order chi connectivity index (χ0) is 13.7. The van der Waals surface area contributed by atoms with Gasteiger partial charge in [0.25, 0.3) is 0 Å². The molecule has 1 saturated heterocycles. The first-order valence-corrected chi connectivity index (χ1v) is 7.75. The summed E-state index contributed by atoms with van der Waals surface area (Å²) in [6.07, 6.45) is 3.09. The van der Waals surface area contributed by atoms with Gasteiger partial charge in [-0.25, -0.2) is 0 Å². The van der Waals surface area contributed by atoms with Gasteiger partial charge in [-0.2, -0.15) is 0 Å². The molecule has 106 valence electrons. The standard InChI is InChI=1S/C15H22BrNO2/c1-12(18)10-14-5-3-7-17(14)8-9-19-15-6-2-4-13(16)11-15/h2,4,6,11-12,14,18H,3,5,7-10H2,1H3. The Morgan fingerprint density at radius 3 is 3.11 bits per heavy atom. The van der Waals surface area contributed by atoms with E-state index in [1.54, 1.807) is 0 Å². The lowest BCUT2D eigenvalue weighted by atomic mass is 10.1. The molecule has 0 bridgehead atoms. The molecule has 0 radical (unpaired) electrons. The van der Waals surface area contributed by atoms with Crippen LogP contribution in [0.15, 0.2) is 28.7 Å². The van der Waals surface area contributed by atoms with E-state index in [-0.39, 0.29) is 6.10 Å². The normalized spacial score (nSPS) is 21.5. The predicted octanol–water partition coefficient (Wildman–Crippen LogP) is 3.06. The van der Waals surface area contributed by atoms with E-state index >= 15 is 0 Å². The van der Waals surface area contributed by atoms with Gasteiger partial charge in [-0.05, 0) is 50.9 Å². The quantitative estimate of drug-likeness (QED) is 0.871. The smallest absolute Gasteiger partial charge is 0.120 e. The first-order chi connectivity index (χ1) is 9.15. The van der Waals surface area contributed by atoms with Crippen molar-refractivity contribution in [1.29, 1.82) is 0 Å². The summed E-state index contributed by atoms with van der Waals surface area (Å²) in [7, 11) is 0. The SMILES string of the molecule is CC(O)CC1CCCN1CCOc1cccc(Br)c1. The highest BCUT2D eigenvalue weighted by molar-refractivity contribution is 9.10. The summed E-state index contributed by atoms with van der Waals surface area (Å²) in [6.45, 7) is 4.63. The van der Waals surface area contributed by atoms with Crippen molar-refractivity contribution in [3.05, 3.63) is 28.7 Å². The molecule has 1 aromatic carbocycles. The van der Waals surface area contributed by atoms with Crippen molar-refractivity contribution < 1.29 is 9.84 Å². The Kier molecular flexibility index (Phi) is 5.67. The van der Waals surface area contributed by atoms with Gasteiger partial charge < -0.3 is 9.84 Å². The molecule has 1 fully saturated rings. The monoisotopic (exact) mass is 327 g/mol. The molecule has 0 amide bonds. The largest absolute Gasteiger partial charge is 0.492 e. The van der Waals surface area contributed by atoms with Crippen LogP contribution in [0, 0.1) is 0 Å². The van der Waals surface area contributed by atoms with Crippen LogP contribution in [0.1, 0.15) is 26.2 Å². The molecule has 0 aliphatic carbocycles. The molecule has 1 N–H and O–H groups in total. The number of hydrogen-bond donors (Lipinski definition) is 1. The number of halogens is 1. The molecule has 1 aliphatic heterocycles. The van der Waals surface area contributed by atoms with Crippen molar-refractivity contribution in [2.75, 3.05) is 19.7 Å². The molecule has 2 atom stereocenters. The molecule has 4 heteroatoms. The molecule has 0 spiro atoms. The minimum atomic E-state index is -0.211. The molecule has 0 saturated carbocycles. The summed E-state index contributed by atoms with van der Waals surface area (Å²) in [5.41, 5.74) is 0. The van der Waals surface area contributed by atoms with Crippen LogP contribution in [-0.2, 0) is 0 Å². The fraction of sp³-hybridized carbons (Fsp3) is 0.600. The van der Waals surface area contributed by atoms with Crippen LogP contribution in [0.25, 0.3) is 0 Å². The summed E-state index contributed by atoms with van der Waals surface area (Å²) < 4.78 is 6.81. The lowest BCUT2D eigenvalue weighted by molar-refractivity contribution is 0.124. The minimum Gasteiger partial charge on any atom is -0.492 e. The van der Waals surface area contributed by atoms with Crippen molar-refractivity contribution >= 4 is 15.9 Å². The van der Waals surface area contributed by atoms with Gasteiger partial charge in [0.1, 0.15) is 12.4 Å². The van der Waals surface area contributed by atoms with Crippen molar-refractivity contribution in [3.63, 3.8) is 0 Å². The Balaban J connectivity index is 1.75. The van der Waals surface area contributed by atoms with E-state index in [0.717, 1.165) is 29.7 Å². The number of hydrogen-bond acceptors (Lipinski definition) is 3. The van der Waals surface area contributed by atoms with Gasteiger partial charge in [0.05, 0.1) is 6.10 Å². The second kappa shape index (κ2) is 7.27. The summed E-state index contributed by atoms with van der Waals surface area (Å²) in [4.78, 5) is 2.44. The van der Waals surface area contributed by atoms with Gasteiger partial charge in [0.15, 0.2) is 0 Å². The number of rotatable bonds is 6. The first kappa shape index (κ1) is 14.8. The van der Waals surface area contributed by atoms with Crippen LogP contribution in [0.2, 0.25) is 0 Å². The van der Waals surface area contributed by atoms with Crippen LogP contribution in [-0.4, -0.2) is 41.8 Å². The summed E-state index contributed by atoms with van der Waals surface area (Å²) in [6, 6.07) is 8.45. The van der Waals surface area contributed by atoms with E-state index in [9.17, 15) is 5.11 Å². The Bertz CT molecular complexity index is 397. The van der Waals surface area contributed by atoms with Crippen molar-refractivity contribution in [2.45, 2.75) is 38.3 Å². The van der Waals surface area contributed by atoms with Crippen molar-refractivity contribution in [3.8, 4) is 5.75 Å². The lowest BCUT2D eigenvalue weighted by Gasteiger charge is -2.25. The van der Waals surface area contributed by atoms with E-state index in [1.165, 1.54) is 12.8 Å². The highest BCUT2D eigenvalue weighted by Crippen LogP contribution is 2.22. The number of likely N-dealkylation sites (tertiary alicyclic amines) is 1. The van der Waals surface area contributed by atoms with Gasteiger partial charge in [0.2, 0.25) is 0 Å². The molecule has 1 aliphatic rings. The maximum Gasteiger partial charge on any atom is 0.120 e. The molecule has 0 aromatic heterocycles. The summed E-state index contributed by atoms with van der Waals surface area (Å²) in [5.74, 6) is 0.903. The van der Waals surface area contributed by atoms with E-state index in [0.29, 0.717) is 12.6 Å². The molecule has 2 rings (SSSR count). The molecule has 1 heterocycles. The molecule has 2 unspecified atom stereocenters. The fourth-order valence-corrected chi connectivity index (χ4v) is 3.07. The van der Waals surface area contributed by atoms with Gasteiger partial charge in [0, 0.05) is 17.1 Å². The van der Waals surface area contributed by atoms with Gasteiger partial charge in [-0.1, -0.05) is 22.0 Å². The summed E-state index contributed by atoms with van der Waals surface area (Å²) >= 11 is 3.44. The second-order valence-electron chi connectivity index (χ2n) is 5.22. The van der Waals surface area contributed by atoms with Gasteiger partial charge >= 0.3 is 0 Å². The van der Waals surface area contributed by atoms with E-state index in [2.05, 4.69) is 20.8 Å². The number of aliphatic hydroxyl groups excluding tert-OH is 1. The average molecular weight is 328 g/mol. The van der Waals surface area contributed by atoms with Gasteiger partial charge in [-0.3, -0.25) is 4.90 Å². The van der Waals surface area contributed by atoms with Crippen LogP contribution >= 0.6 is 15.9 Å². The van der Waals surface area contributed by atoms with E-state index in [4.69, 9.17) is 4.74 Å². The third-order valence-electron chi connectivity index (χ3n) is 3.56. The predicted molar refractivity (Wildman–Crippen MR) is 80.5 cm³/mol. The number of benzene rings is 1. The molecule has 19 heavy (non-hydrogen) atoms. The van der Waals surface area contributed by atoms with Crippen molar-refractivity contribution in [2.24, 2.45) is 0 Å². The second-order valence-corrected chi connectivity index (χ2v) is 6.14. The van der Waals surface area contributed by atoms with E-state index < -0.39 is 0 Å². The Hall–Kier alpha value is -0.580.